The zero-order valence-corrected chi connectivity index (χ0v) is 17.5. The van der Waals surface area contributed by atoms with Crippen LogP contribution >= 0.6 is 11.5 Å². The number of amides is 1. The first-order valence-corrected chi connectivity index (χ1v) is 10.7. The van der Waals surface area contributed by atoms with Crippen molar-refractivity contribution in [1.29, 1.82) is 5.26 Å². The second kappa shape index (κ2) is 9.97. The number of ether oxygens (including phenoxy) is 1. The van der Waals surface area contributed by atoms with Gasteiger partial charge in [-0.2, -0.15) is 9.64 Å². The van der Waals surface area contributed by atoms with Gasteiger partial charge in [-0.3, -0.25) is 4.79 Å². The maximum atomic E-state index is 12.7. The Labute approximate surface area is 183 Å². The lowest BCUT2D eigenvalue weighted by Crippen LogP contribution is -2.34. The largest absolute Gasteiger partial charge is 0.474 e. The molecular weight excluding hydrogens is 414 g/mol. The molecule has 1 fully saturated rings. The Morgan fingerprint density at radius 3 is 2.90 bits per heavy atom. The third kappa shape index (κ3) is 5.53. The average molecular weight is 436 g/mol. The molecule has 3 aromatic heterocycles. The summed E-state index contributed by atoms with van der Waals surface area (Å²) in [5.74, 6) is 0.851. The van der Waals surface area contributed by atoms with Crippen molar-refractivity contribution in [1.82, 2.24) is 19.7 Å². The van der Waals surface area contributed by atoms with E-state index in [4.69, 9.17) is 10.00 Å². The summed E-state index contributed by atoms with van der Waals surface area (Å²) in [6.45, 7) is 2.27. The van der Waals surface area contributed by atoms with Crippen LogP contribution in [-0.2, 0) is 6.54 Å². The van der Waals surface area contributed by atoms with Gasteiger partial charge in [-0.25, -0.2) is 9.97 Å². The van der Waals surface area contributed by atoms with Gasteiger partial charge in [0, 0.05) is 12.3 Å². The van der Waals surface area contributed by atoms with Crippen LogP contribution in [0.15, 0.2) is 42.9 Å². The molecule has 0 aromatic carbocycles. The third-order valence-electron chi connectivity index (χ3n) is 4.78. The van der Waals surface area contributed by atoms with Gasteiger partial charge in [0.25, 0.3) is 5.91 Å². The zero-order chi connectivity index (χ0) is 21.5. The first-order chi connectivity index (χ1) is 15.2. The second-order valence-electron chi connectivity index (χ2n) is 6.96. The molecule has 31 heavy (non-hydrogen) atoms. The summed E-state index contributed by atoms with van der Waals surface area (Å²) >= 11 is 1.23. The Hall–Kier alpha value is -3.55. The molecular formula is C21H21N7O2S. The number of nitrogens with zero attached hydrogens (tertiary/aromatic N) is 4. The minimum absolute atomic E-state index is 0.171. The van der Waals surface area contributed by atoms with Crippen molar-refractivity contribution in [2.24, 2.45) is 0 Å². The highest BCUT2D eigenvalue weighted by molar-refractivity contribution is 7.06. The van der Waals surface area contributed by atoms with E-state index in [1.165, 1.54) is 17.7 Å². The molecule has 0 unspecified atom stereocenters. The third-order valence-corrected chi connectivity index (χ3v) is 5.57. The van der Waals surface area contributed by atoms with Crippen molar-refractivity contribution in [2.75, 3.05) is 23.7 Å². The van der Waals surface area contributed by atoms with E-state index in [0.717, 1.165) is 30.8 Å². The van der Waals surface area contributed by atoms with Crippen LogP contribution in [0.2, 0.25) is 0 Å². The smallest absolute Gasteiger partial charge is 0.258 e. The molecule has 0 bridgehead atoms. The van der Waals surface area contributed by atoms with Crippen molar-refractivity contribution >= 4 is 28.9 Å². The van der Waals surface area contributed by atoms with Gasteiger partial charge < -0.3 is 20.7 Å². The number of rotatable bonds is 7. The van der Waals surface area contributed by atoms with E-state index < -0.39 is 0 Å². The Bertz CT molecular complexity index is 1070. The SMILES string of the molecule is N#Cc1ccnc(NCc2sncc2C(=O)Nc2ccc(OC3CCNCC3)nc2)c1. The van der Waals surface area contributed by atoms with E-state index in [2.05, 4.69) is 36.4 Å². The van der Waals surface area contributed by atoms with Crippen LogP contribution in [0.3, 0.4) is 0 Å². The molecule has 1 amide bonds. The fraction of sp³-hybridized carbons (Fsp3) is 0.286. The quantitative estimate of drug-likeness (QED) is 0.517. The van der Waals surface area contributed by atoms with Crippen molar-refractivity contribution in [3.8, 4) is 11.9 Å². The van der Waals surface area contributed by atoms with Crippen LogP contribution in [0.1, 0.15) is 33.6 Å². The van der Waals surface area contributed by atoms with Crippen LogP contribution in [0, 0.1) is 11.3 Å². The molecule has 0 atom stereocenters. The van der Waals surface area contributed by atoms with Crippen LogP contribution < -0.4 is 20.7 Å². The number of pyridine rings is 2. The van der Waals surface area contributed by atoms with Crippen LogP contribution in [-0.4, -0.2) is 39.4 Å². The number of nitriles is 1. The van der Waals surface area contributed by atoms with Gasteiger partial charge in [-0.1, -0.05) is 0 Å². The summed E-state index contributed by atoms with van der Waals surface area (Å²) in [4.78, 5) is 22.0. The van der Waals surface area contributed by atoms with Crippen molar-refractivity contribution in [2.45, 2.75) is 25.5 Å². The topological polar surface area (TPSA) is 125 Å². The molecule has 158 valence electrons. The van der Waals surface area contributed by atoms with Crippen molar-refractivity contribution in [3.05, 3.63) is 58.9 Å². The lowest BCUT2D eigenvalue weighted by Gasteiger charge is -2.23. The lowest BCUT2D eigenvalue weighted by atomic mass is 10.1. The molecule has 9 nitrogen and oxygen atoms in total. The normalized spacial score (nSPS) is 13.9. The van der Waals surface area contributed by atoms with E-state index in [1.807, 2.05) is 0 Å². The van der Waals surface area contributed by atoms with Gasteiger partial charge in [0.1, 0.15) is 11.9 Å². The Kier molecular flexibility index (Phi) is 6.66. The van der Waals surface area contributed by atoms with E-state index in [1.54, 1.807) is 36.7 Å². The number of aromatic nitrogens is 3. The monoisotopic (exact) mass is 435 g/mol. The first kappa shape index (κ1) is 20.7. The van der Waals surface area contributed by atoms with E-state index in [0.29, 0.717) is 35.1 Å². The highest BCUT2D eigenvalue weighted by Gasteiger charge is 2.17. The Balaban J connectivity index is 1.34. The maximum absolute atomic E-state index is 12.7. The minimum atomic E-state index is -0.266. The summed E-state index contributed by atoms with van der Waals surface area (Å²) < 4.78 is 10.0. The van der Waals surface area contributed by atoms with E-state index in [9.17, 15) is 4.79 Å². The second-order valence-corrected chi connectivity index (χ2v) is 7.85. The van der Waals surface area contributed by atoms with Crippen LogP contribution in [0.5, 0.6) is 5.88 Å². The van der Waals surface area contributed by atoms with E-state index in [-0.39, 0.29) is 12.0 Å². The standard InChI is InChI=1S/C21H21N7O2S/c22-10-14-3-8-24-19(9-14)25-13-18-17(12-27-31-18)21(29)28-15-1-2-20(26-11-15)30-16-4-6-23-7-5-16/h1-3,8-9,11-12,16,23H,4-7,13H2,(H,24,25)(H,28,29). The molecule has 4 rings (SSSR count). The number of carbonyl (C=O) groups is 1. The predicted molar refractivity (Wildman–Crippen MR) is 117 cm³/mol. The Morgan fingerprint density at radius 1 is 1.26 bits per heavy atom. The van der Waals surface area contributed by atoms with E-state index >= 15 is 0 Å². The molecule has 4 heterocycles. The summed E-state index contributed by atoms with van der Waals surface area (Å²) in [5, 5.41) is 18.3. The highest BCUT2D eigenvalue weighted by atomic mass is 32.1. The van der Waals surface area contributed by atoms with Crippen molar-refractivity contribution < 1.29 is 9.53 Å². The van der Waals surface area contributed by atoms with Gasteiger partial charge in [-0.15, -0.1) is 0 Å². The minimum Gasteiger partial charge on any atom is -0.474 e. The number of carbonyl (C=O) groups excluding carboxylic acids is 1. The van der Waals surface area contributed by atoms with Crippen LogP contribution in [0.25, 0.3) is 0 Å². The summed E-state index contributed by atoms with van der Waals surface area (Å²) in [7, 11) is 0. The summed E-state index contributed by atoms with van der Waals surface area (Å²) in [6, 6.07) is 8.90. The molecule has 1 aliphatic heterocycles. The summed E-state index contributed by atoms with van der Waals surface area (Å²) in [5.41, 5.74) is 1.57. The lowest BCUT2D eigenvalue weighted by molar-refractivity contribution is 0.102. The number of hydrogen-bond donors (Lipinski definition) is 3. The molecule has 3 aromatic rings. The molecule has 1 saturated heterocycles. The van der Waals surface area contributed by atoms with Gasteiger partial charge in [0.2, 0.25) is 5.88 Å². The molecule has 3 N–H and O–H groups in total. The highest BCUT2D eigenvalue weighted by Crippen LogP contribution is 2.20. The predicted octanol–water partition coefficient (Wildman–Crippen LogP) is 2.80. The fourth-order valence-electron chi connectivity index (χ4n) is 3.15. The fourth-order valence-corrected chi connectivity index (χ4v) is 3.82. The van der Waals surface area contributed by atoms with Crippen LogP contribution in [0.4, 0.5) is 11.5 Å². The number of piperidine rings is 1. The zero-order valence-electron chi connectivity index (χ0n) is 16.7. The molecule has 1 aliphatic rings. The molecule has 0 aliphatic carbocycles. The number of anilines is 2. The maximum Gasteiger partial charge on any atom is 0.258 e. The molecule has 0 radical (unpaired) electrons. The average Bonchev–Trinajstić information content (AvgIpc) is 3.29. The van der Waals surface area contributed by atoms with Crippen molar-refractivity contribution in [3.63, 3.8) is 0 Å². The first-order valence-electron chi connectivity index (χ1n) is 9.89. The Morgan fingerprint density at radius 2 is 2.13 bits per heavy atom. The number of hydrogen-bond acceptors (Lipinski definition) is 9. The molecule has 10 heteroatoms. The van der Waals surface area contributed by atoms with Gasteiger partial charge in [-0.05, 0) is 55.7 Å². The van der Waals surface area contributed by atoms with Gasteiger partial charge in [0.05, 0.1) is 46.7 Å². The van der Waals surface area contributed by atoms with Gasteiger partial charge in [0.15, 0.2) is 0 Å². The molecule has 0 spiro atoms. The number of nitrogens with one attached hydrogen (secondary N) is 3. The van der Waals surface area contributed by atoms with Gasteiger partial charge >= 0.3 is 0 Å². The summed E-state index contributed by atoms with van der Waals surface area (Å²) in [6.07, 6.45) is 6.77. The molecule has 0 saturated carbocycles.